The van der Waals surface area contributed by atoms with Gasteiger partial charge in [-0.25, -0.2) is 0 Å². The number of hydrogen-bond acceptors (Lipinski definition) is 7. The van der Waals surface area contributed by atoms with E-state index in [4.69, 9.17) is 26.8 Å². The minimum absolute atomic E-state index is 0.0825. The van der Waals surface area contributed by atoms with Crippen LogP contribution in [0.25, 0.3) is 0 Å². The van der Waals surface area contributed by atoms with Gasteiger partial charge in [-0.1, -0.05) is 35.9 Å². The fraction of sp³-hybridized carbons (Fsp3) is 0.409. The first-order chi connectivity index (χ1) is 14.8. The number of rotatable bonds is 8. The van der Waals surface area contributed by atoms with Gasteiger partial charge in [-0.05, 0) is 48.2 Å². The van der Waals surface area contributed by atoms with Gasteiger partial charge in [0.25, 0.3) is 0 Å². The summed E-state index contributed by atoms with van der Waals surface area (Å²) in [6.45, 7) is 2.52. The summed E-state index contributed by atoms with van der Waals surface area (Å²) in [4.78, 5) is 11.1. The molecule has 5 N–H and O–H groups in total. The fourth-order valence-electron chi connectivity index (χ4n) is 3.42. The Morgan fingerprint density at radius 2 is 1.84 bits per heavy atom. The molecule has 2 aromatic rings. The number of nitrogens with two attached hydrogens (primary N) is 1. The Bertz CT molecular complexity index is 896. The van der Waals surface area contributed by atoms with Crippen molar-refractivity contribution in [2.45, 2.75) is 43.2 Å². The van der Waals surface area contributed by atoms with Crippen LogP contribution in [0.4, 0.5) is 0 Å². The van der Waals surface area contributed by atoms with Crippen molar-refractivity contribution in [3.63, 3.8) is 0 Å². The van der Waals surface area contributed by atoms with E-state index in [0.717, 1.165) is 28.6 Å². The lowest BCUT2D eigenvalue weighted by molar-refractivity contribution is -0.200. The van der Waals surface area contributed by atoms with Crippen molar-refractivity contribution in [2.75, 3.05) is 12.4 Å². The number of thioether (sulfide) groups is 1. The van der Waals surface area contributed by atoms with Crippen molar-refractivity contribution in [3.05, 3.63) is 64.2 Å². The van der Waals surface area contributed by atoms with Gasteiger partial charge in [0.05, 0.1) is 12.4 Å². The van der Waals surface area contributed by atoms with Crippen molar-refractivity contribution >= 4 is 29.3 Å². The highest BCUT2D eigenvalue weighted by Crippen LogP contribution is 2.37. The molecule has 0 radical (unpaired) electrons. The van der Waals surface area contributed by atoms with Crippen LogP contribution in [0.3, 0.4) is 0 Å². The summed E-state index contributed by atoms with van der Waals surface area (Å²) in [6, 6.07) is 12.9. The Kier molecular flexibility index (Phi) is 8.21. The topological polar surface area (TPSA) is 122 Å². The van der Waals surface area contributed by atoms with E-state index in [1.807, 2.05) is 37.3 Å². The number of carbonyl (C=O) groups is 1. The predicted octanol–water partition coefficient (Wildman–Crippen LogP) is 2.03. The van der Waals surface area contributed by atoms with E-state index in [-0.39, 0.29) is 5.75 Å². The second-order valence-electron chi connectivity index (χ2n) is 7.28. The van der Waals surface area contributed by atoms with Gasteiger partial charge in [-0.3, -0.25) is 4.79 Å². The highest BCUT2D eigenvalue weighted by molar-refractivity contribution is 8.00. The van der Waals surface area contributed by atoms with Crippen molar-refractivity contribution in [1.82, 2.24) is 0 Å². The molecule has 0 bridgehead atoms. The molecular formula is C22H26ClNO6S. The number of halogens is 1. The van der Waals surface area contributed by atoms with E-state index in [1.165, 1.54) is 0 Å². The summed E-state index contributed by atoms with van der Waals surface area (Å²) in [6.07, 6.45) is -4.49. The molecule has 168 valence electrons. The van der Waals surface area contributed by atoms with Crippen LogP contribution in [0, 0.1) is 0 Å². The molecule has 3 rings (SSSR count). The van der Waals surface area contributed by atoms with E-state index < -0.39 is 35.8 Å². The maximum atomic E-state index is 11.1. The minimum atomic E-state index is -1.44. The summed E-state index contributed by atoms with van der Waals surface area (Å²) >= 11 is 7.37. The number of amides is 1. The first-order valence-electron chi connectivity index (χ1n) is 9.89. The van der Waals surface area contributed by atoms with E-state index in [9.17, 15) is 20.1 Å². The molecule has 0 saturated carbocycles. The molecule has 1 unspecified atom stereocenters. The fourth-order valence-corrected chi connectivity index (χ4v) is 4.49. The van der Waals surface area contributed by atoms with E-state index >= 15 is 0 Å². The van der Waals surface area contributed by atoms with Crippen molar-refractivity contribution in [3.8, 4) is 5.75 Å². The molecular weight excluding hydrogens is 442 g/mol. The van der Waals surface area contributed by atoms with Gasteiger partial charge < -0.3 is 30.5 Å². The van der Waals surface area contributed by atoms with E-state index in [2.05, 4.69) is 0 Å². The van der Waals surface area contributed by atoms with Crippen LogP contribution in [0.5, 0.6) is 5.75 Å². The van der Waals surface area contributed by atoms with Gasteiger partial charge in [0.1, 0.15) is 35.6 Å². The van der Waals surface area contributed by atoms with Gasteiger partial charge in [0.15, 0.2) is 0 Å². The Hall–Kier alpha value is -1.81. The molecule has 5 atom stereocenters. The molecule has 31 heavy (non-hydrogen) atoms. The standard InChI is InChI=1S/C22H26ClNO6S/c1-2-29-15-6-3-12(4-7-15)9-14-10-13(5-8-16(14)23)21-19(27)18(26)20(28)22(30-21)31-11-17(24)25/h3-8,10,18-22,26-28H,2,9,11H2,1H3,(H2,24,25)/t18-,19?,20-,21+,22-/m1/s1. The van der Waals surface area contributed by atoms with E-state index in [0.29, 0.717) is 23.6 Å². The van der Waals surface area contributed by atoms with Crippen molar-refractivity contribution in [1.29, 1.82) is 0 Å². The lowest BCUT2D eigenvalue weighted by Gasteiger charge is -2.40. The molecule has 1 saturated heterocycles. The molecule has 1 aliphatic heterocycles. The molecule has 0 aromatic heterocycles. The molecule has 1 fully saturated rings. The third kappa shape index (κ3) is 5.91. The first kappa shape index (κ1) is 23.8. The zero-order valence-electron chi connectivity index (χ0n) is 17.0. The monoisotopic (exact) mass is 467 g/mol. The lowest BCUT2D eigenvalue weighted by atomic mass is 9.92. The SMILES string of the molecule is CCOc1ccc(Cc2cc([C@@H]3O[C@H](SCC(N)=O)[C@H](O)[C@H](O)C3O)ccc2Cl)cc1. The zero-order valence-corrected chi connectivity index (χ0v) is 18.6. The maximum absolute atomic E-state index is 11.1. The zero-order chi connectivity index (χ0) is 22.5. The van der Waals surface area contributed by atoms with Crippen LogP contribution in [-0.4, -0.2) is 57.3 Å². The lowest BCUT2D eigenvalue weighted by Crippen LogP contribution is -2.53. The minimum Gasteiger partial charge on any atom is -0.494 e. The molecule has 7 nitrogen and oxygen atoms in total. The highest BCUT2D eigenvalue weighted by atomic mass is 35.5. The van der Waals surface area contributed by atoms with Crippen LogP contribution < -0.4 is 10.5 Å². The number of primary amides is 1. The number of aliphatic hydroxyl groups excluding tert-OH is 3. The average Bonchev–Trinajstić information content (AvgIpc) is 2.75. The van der Waals surface area contributed by atoms with Crippen molar-refractivity contribution < 1.29 is 29.6 Å². The number of aliphatic hydroxyl groups is 3. The molecule has 2 aromatic carbocycles. The average molecular weight is 468 g/mol. The Balaban J connectivity index is 1.80. The third-order valence-corrected chi connectivity index (χ3v) is 6.53. The third-order valence-electron chi connectivity index (χ3n) is 4.99. The Labute approximate surface area is 190 Å². The molecule has 1 aliphatic rings. The van der Waals surface area contributed by atoms with Gasteiger partial charge >= 0.3 is 0 Å². The number of hydrogen-bond donors (Lipinski definition) is 4. The number of carbonyl (C=O) groups excluding carboxylic acids is 1. The van der Waals surface area contributed by atoms with Crippen LogP contribution >= 0.6 is 23.4 Å². The highest BCUT2D eigenvalue weighted by Gasteiger charge is 2.44. The Morgan fingerprint density at radius 3 is 2.48 bits per heavy atom. The second-order valence-corrected chi connectivity index (χ2v) is 8.77. The summed E-state index contributed by atoms with van der Waals surface area (Å²) in [5.74, 6) is 0.139. The van der Waals surface area contributed by atoms with Gasteiger partial charge in [0, 0.05) is 5.02 Å². The maximum Gasteiger partial charge on any atom is 0.227 e. The van der Waals surface area contributed by atoms with Crippen LogP contribution in [-0.2, 0) is 16.0 Å². The van der Waals surface area contributed by atoms with Crippen LogP contribution in [0.15, 0.2) is 42.5 Å². The summed E-state index contributed by atoms with van der Waals surface area (Å²) < 4.78 is 11.3. The number of ether oxygens (including phenoxy) is 2. The summed E-state index contributed by atoms with van der Waals surface area (Å²) in [5, 5.41) is 31.6. The quantitative estimate of drug-likeness (QED) is 0.468. The molecule has 1 heterocycles. The summed E-state index contributed by atoms with van der Waals surface area (Å²) in [7, 11) is 0. The van der Waals surface area contributed by atoms with E-state index in [1.54, 1.807) is 12.1 Å². The van der Waals surface area contributed by atoms with Gasteiger partial charge in [-0.15, -0.1) is 11.8 Å². The second kappa shape index (κ2) is 10.7. The smallest absolute Gasteiger partial charge is 0.227 e. The molecule has 0 spiro atoms. The molecule has 9 heteroatoms. The largest absolute Gasteiger partial charge is 0.494 e. The number of benzene rings is 2. The van der Waals surface area contributed by atoms with Gasteiger partial charge in [0.2, 0.25) is 5.91 Å². The predicted molar refractivity (Wildman–Crippen MR) is 119 cm³/mol. The van der Waals surface area contributed by atoms with Gasteiger partial charge in [-0.2, -0.15) is 0 Å². The van der Waals surface area contributed by atoms with Crippen LogP contribution in [0.2, 0.25) is 5.02 Å². The normalized spacial score (nSPS) is 25.9. The molecule has 0 aliphatic carbocycles. The Morgan fingerprint density at radius 1 is 1.13 bits per heavy atom. The first-order valence-corrected chi connectivity index (χ1v) is 11.3. The van der Waals surface area contributed by atoms with Crippen molar-refractivity contribution in [2.24, 2.45) is 5.73 Å². The molecule has 1 amide bonds. The van der Waals surface area contributed by atoms with Crippen LogP contribution in [0.1, 0.15) is 29.7 Å². The summed E-state index contributed by atoms with van der Waals surface area (Å²) in [5.41, 5.74) is 6.70.